The first-order chi connectivity index (χ1) is 9.54. The van der Waals surface area contributed by atoms with Gasteiger partial charge >= 0.3 is 0 Å². The minimum atomic E-state index is 0.119. The summed E-state index contributed by atoms with van der Waals surface area (Å²) >= 11 is 1.77. The zero-order valence-corrected chi connectivity index (χ0v) is 12.7. The first-order valence-corrected chi connectivity index (χ1v) is 7.47. The molecule has 0 saturated carbocycles. The van der Waals surface area contributed by atoms with Gasteiger partial charge in [0.15, 0.2) is 0 Å². The van der Waals surface area contributed by atoms with Crippen molar-refractivity contribution in [2.75, 3.05) is 5.32 Å². The van der Waals surface area contributed by atoms with Crippen LogP contribution < -0.4 is 5.32 Å². The third-order valence-corrected chi connectivity index (χ3v) is 4.56. The second kappa shape index (κ2) is 4.90. The van der Waals surface area contributed by atoms with E-state index in [9.17, 15) is 0 Å². The molecule has 20 heavy (non-hydrogen) atoms. The van der Waals surface area contributed by atoms with Crippen molar-refractivity contribution in [3.05, 3.63) is 40.5 Å². The summed E-state index contributed by atoms with van der Waals surface area (Å²) in [5.74, 6) is 0. The van der Waals surface area contributed by atoms with Gasteiger partial charge in [0.25, 0.3) is 0 Å². The van der Waals surface area contributed by atoms with E-state index in [1.165, 1.54) is 9.88 Å². The van der Waals surface area contributed by atoms with Gasteiger partial charge in [-0.05, 0) is 12.1 Å². The van der Waals surface area contributed by atoms with E-state index in [0.29, 0.717) is 0 Å². The van der Waals surface area contributed by atoms with Crippen LogP contribution in [0.5, 0.6) is 0 Å². The lowest BCUT2D eigenvalue weighted by atomic mass is 9.98. The molecule has 0 amide bonds. The van der Waals surface area contributed by atoms with Gasteiger partial charge in [-0.1, -0.05) is 26.8 Å². The lowest BCUT2D eigenvalue weighted by Crippen LogP contribution is -2.09. The molecule has 3 aromatic rings. The molecular weight excluding hydrogens is 268 g/mol. The predicted molar refractivity (Wildman–Crippen MR) is 84.2 cm³/mol. The highest BCUT2D eigenvalue weighted by Gasteiger charge is 2.17. The number of aromatic amines is 1. The molecule has 2 heterocycles. The van der Waals surface area contributed by atoms with Crippen LogP contribution in [0.1, 0.15) is 30.7 Å². The number of nitrogens with zero attached hydrogens (tertiary/aromatic N) is 2. The Bertz CT molecular complexity index is 721. The van der Waals surface area contributed by atoms with Crippen molar-refractivity contribution in [2.24, 2.45) is 0 Å². The van der Waals surface area contributed by atoms with Crippen molar-refractivity contribution in [3.63, 3.8) is 0 Å². The Labute approximate surface area is 122 Å². The Morgan fingerprint density at radius 3 is 2.85 bits per heavy atom. The maximum absolute atomic E-state index is 4.51. The molecule has 1 aromatic carbocycles. The van der Waals surface area contributed by atoms with E-state index in [1.807, 2.05) is 24.5 Å². The van der Waals surface area contributed by atoms with Gasteiger partial charge in [0, 0.05) is 27.6 Å². The van der Waals surface area contributed by atoms with Crippen molar-refractivity contribution < 1.29 is 0 Å². The fourth-order valence-electron chi connectivity index (χ4n) is 2.04. The molecule has 104 valence electrons. The molecule has 0 spiro atoms. The molecular formula is C15H18N4S. The molecule has 0 atom stereocenters. The lowest BCUT2D eigenvalue weighted by Gasteiger charge is -2.13. The Balaban J connectivity index is 1.76. The largest absolute Gasteiger partial charge is 0.379 e. The highest BCUT2D eigenvalue weighted by molar-refractivity contribution is 7.11. The molecule has 5 heteroatoms. The monoisotopic (exact) mass is 286 g/mol. The Morgan fingerprint density at radius 2 is 2.10 bits per heavy atom. The number of anilines is 1. The number of hydrogen-bond acceptors (Lipinski definition) is 4. The summed E-state index contributed by atoms with van der Waals surface area (Å²) in [6.07, 6.45) is 3.82. The minimum Gasteiger partial charge on any atom is -0.379 e. The van der Waals surface area contributed by atoms with Gasteiger partial charge in [0.2, 0.25) is 0 Å². The summed E-state index contributed by atoms with van der Waals surface area (Å²) in [5.41, 5.74) is 2.27. The van der Waals surface area contributed by atoms with Gasteiger partial charge in [-0.15, -0.1) is 11.3 Å². The number of rotatable bonds is 3. The van der Waals surface area contributed by atoms with Crippen LogP contribution in [0, 0.1) is 0 Å². The van der Waals surface area contributed by atoms with Gasteiger partial charge in [0.05, 0.1) is 23.3 Å². The van der Waals surface area contributed by atoms with Crippen LogP contribution >= 0.6 is 11.3 Å². The Hall–Kier alpha value is -1.88. The summed E-state index contributed by atoms with van der Waals surface area (Å²) in [6, 6.07) is 6.12. The SMILES string of the molecule is CC(C)(C)c1ncc(CNc2cccc3[nH]ncc23)s1. The smallest absolute Gasteiger partial charge is 0.0981 e. The van der Waals surface area contributed by atoms with Gasteiger partial charge in [-0.25, -0.2) is 4.98 Å². The van der Waals surface area contributed by atoms with Crippen molar-refractivity contribution in [2.45, 2.75) is 32.7 Å². The normalized spacial score (nSPS) is 11.9. The zero-order chi connectivity index (χ0) is 14.2. The second-order valence-corrected chi connectivity index (χ2v) is 6.99. The first-order valence-electron chi connectivity index (χ1n) is 6.65. The van der Waals surface area contributed by atoms with E-state index < -0.39 is 0 Å². The molecule has 4 nitrogen and oxygen atoms in total. The average molecular weight is 286 g/mol. The number of fused-ring (bicyclic) bond motifs is 1. The number of H-pyrrole nitrogens is 1. The summed E-state index contributed by atoms with van der Waals surface area (Å²) < 4.78 is 0. The van der Waals surface area contributed by atoms with Gasteiger partial charge in [-0.2, -0.15) is 5.10 Å². The maximum Gasteiger partial charge on any atom is 0.0981 e. The van der Waals surface area contributed by atoms with E-state index >= 15 is 0 Å². The fraction of sp³-hybridized carbons (Fsp3) is 0.333. The standard InChI is InChI=1S/C15H18N4S/c1-15(2,3)14-17-8-10(20-14)7-16-12-5-4-6-13-11(12)9-18-19-13/h4-6,8-9,16H,7H2,1-3H3,(H,18,19). The van der Waals surface area contributed by atoms with Crippen LogP contribution in [0.15, 0.2) is 30.6 Å². The van der Waals surface area contributed by atoms with Crippen LogP contribution in [-0.2, 0) is 12.0 Å². The predicted octanol–water partition coefficient (Wildman–Crippen LogP) is 3.93. The third kappa shape index (κ3) is 2.54. The number of thiazole rings is 1. The molecule has 0 radical (unpaired) electrons. The average Bonchev–Trinajstić information content (AvgIpc) is 3.04. The number of benzene rings is 1. The summed E-state index contributed by atoms with van der Waals surface area (Å²) in [6.45, 7) is 7.36. The summed E-state index contributed by atoms with van der Waals surface area (Å²) in [4.78, 5) is 5.76. The molecule has 0 bridgehead atoms. The molecule has 0 aliphatic rings. The second-order valence-electron chi connectivity index (χ2n) is 5.87. The number of aromatic nitrogens is 3. The first kappa shape index (κ1) is 13.1. The molecule has 0 fully saturated rings. The zero-order valence-electron chi connectivity index (χ0n) is 11.9. The van der Waals surface area contributed by atoms with Crippen LogP contribution in [0.4, 0.5) is 5.69 Å². The van der Waals surface area contributed by atoms with E-state index in [0.717, 1.165) is 23.1 Å². The highest BCUT2D eigenvalue weighted by atomic mass is 32.1. The van der Waals surface area contributed by atoms with Gasteiger partial charge in [0.1, 0.15) is 0 Å². The molecule has 0 aliphatic carbocycles. The molecule has 3 rings (SSSR count). The number of nitrogens with one attached hydrogen (secondary N) is 2. The van der Waals surface area contributed by atoms with E-state index in [1.54, 1.807) is 11.3 Å². The van der Waals surface area contributed by atoms with Crippen molar-refractivity contribution in [1.29, 1.82) is 0 Å². The Morgan fingerprint density at radius 1 is 1.25 bits per heavy atom. The van der Waals surface area contributed by atoms with Crippen molar-refractivity contribution in [3.8, 4) is 0 Å². The van der Waals surface area contributed by atoms with Crippen molar-refractivity contribution in [1.82, 2.24) is 15.2 Å². The van der Waals surface area contributed by atoms with Crippen LogP contribution in [-0.4, -0.2) is 15.2 Å². The molecule has 2 aromatic heterocycles. The lowest BCUT2D eigenvalue weighted by molar-refractivity contribution is 0.585. The molecule has 0 aliphatic heterocycles. The summed E-state index contributed by atoms with van der Waals surface area (Å²) in [5, 5.41) is 12.8. The fourth-order valence-corrected chi connectivity index (χ4v) is 2.95. The molecule has 2 N–H and O–H groups in total. The maximum atomic E-state index is 4.51. The van der Waals surface area contributed by atoms with E-state index in [4.69, 9.17) is 0 Å². The summed E-state index contributed by atoms with van der Waals surface area (Å²) in [7, 11) is 0. The van der Waals surface area contributed by atoms with Crippen LogP contribution in [0.3, 0.4) is 0 Å². The number of hydrogen-bond donors (Lipinski definition) is 2. The van der Waals surface area contributed by atoms with Gasteiger partial charge in [-0.3, -0.25) is 5.10 Å². The quantitative estimate of drug-likeness (QED) is 0.767. The van der Waals surface area contributed by atoms with Crippen LogP contribution in [0.25, 0.3) is 10.9 Å². The van der Waals surface area contributed by atoms with Gasteiger partial charge < -0.3 is 5.32 Å². The van der Waals surface area contributed by atoms with E-state index in [2.05, 4.69) is 47.3 Å². The molecule has 0 saturated heterocycles. The van der Waals surface area contributed by atoms with Crippen LogP contribution in [0.2, 0.25) is 0 Å². The topological polar surface area (TPSA) is 53.6 Å². The Kier molecular flexibility index (Phi) is 3.22. The third-order valence-electron chi connectivity index (χ3n) is 3.13. The molecule has 0 unspecified atom stereocenters. The van der Waals surface area contributed by atoms with Crippen molar-refractivity contribution >= 4 is 27.9 Å². The minimum absolute atomic E-state index is 0.119. The van der Waals surface area contributed by atoms with E-state index in [-0.39, 0.29) is 5.41 Å². The highest BCUT2D eigenvalue weighted by Crippen LogP contribution is 2.28.